The highest BCUT2D eigenvalue weighted by molar-refractivity contribution is 6.68. The zero-order valence-corrected chi connectivity index (χ0v) is 13.4. The molecule has 1 heterocycles. The van der Waals surface area contributed by atoms with Crippen molar-refractivity contribution < 1.29 is 0 Å². The minimum atomic E-state index is 0.237. The smallest absolute Gasteiger partial charge is 0.0793 e. The molecule has 0 N–H and O–H groups in total. The molecule has 0 spiro atoms. The SMILES string of the molecule is [CH]c1c2c3c(-c4cccc5ccccc45)c4c1C4C3=C(C)[SiH]2. The second-order valence-corrected chi connectivity index (χ2v) is 8.34. The van der Waals surface area contributed by atoms with Gasteiger partial charge in [0.25, 0.3) is 0 Å². The average Bonchev–Trinajstić information content (AvgIpc) is 3.07. The second kappa shape index (κ2) is 3.44. The fourth-order valence-corrected chi connectivity index (χ4v) is 6.31. The van der Waals surface area contributed by atoms with E-state index in [-0.39, 0.29) is 9.52 Å². The Bertz CT molecular complexity index is 1060. The minimum Gasteiger partial charge on any atom is -0.0793 e. The van der Waals surface area contributed by atoms with Crippen LogP contribution in [0.1, 0.15) is 35.1 Å². The molecule has 0 saturated heterocycles. The lowest BCUT2D eigenvalue weighted by atomic mass is 9.90. The molecular formula is C21H13Si. The summed E-state index contributed by atoms with van der Waals surface area (Å²) < 4.78 is 0. The topological polar surface area (TPSA) is 0 Å². The first-order chi connectivity index (χ1) is 10.8. The van der Waals surface area contributed by atoms with Gasteiger partial charge in [-0.15, -0.1) is 0 Å². The first-order valence-corrected chi connectivity index (χ1v) is 8.96. The molecule has 6 bridgehead atoms. The third-order valence-electron chi connectivity index (χ3n) is 5.56. The number of rotatable bonds is 1. The first-order valence-electron chi connectivity index (χ1n) is 7.80. The van der Waals surface area contributed by atoms with Gasteiger partial charge in [-0.3, -0.25) is 0 Å². The highest BCUT2D eigenvalue weighted by Gasteiger charge is 2.53. The van der Waals surface area contributed by atoms with Gasteiger partial charge >= 0.3 is 0 Å². The van der Waals surface area contributed by atoms with Crippen molar-refractivity contribution in [2.24, 2.45) is 0 Å². The molecule has 3 aromatic rings. The number of hydrogen-bond donors (Lipinski definition) is 0. The average molecular weight is 293 g/mol. The van der Waals surface area contributed by atoms with Crippen molar-refractivity contribution in [2.75, 3.05) is 0 Å². The van der Waals surface area contributed by atoms with Gasteiger partial charge in [-0.2, -0.15) is 0 Å². The van der Waals surface area contributed by atoms with Crippen LogP contribution in [0, 0.1) is 6.92 Å². The maximum absolute atomic E-state index is 6.42. The summed E-state index contributed by atoms with van der Waals surface area (Å²) in [5, 5.41) is 5.78. The fraction of sp³-hybridized carbons (Fsp3) is 0.0952. The van der Waals surface area contributed by atoms with E-state index < -0.39 is 0 Å². The van der Waals surface area contributed by atoms with Crippen LogP contribution in [0.5, 0.6) is 0 Å². The molecule has 1 unspecified atom stereocenters. The molecule has 22 heavy (non-hydrogen) atoms. The molecule has 1 aliphatic heterocycles. The summed E-state index contributed by atoms with van der Waals surface area (Å²) in [6.45, 7) is 8.73. The van der Waals surface area contributed by atoms with E-state index >= 15 is 0 Å². The van der Waals surface area contributed by atoms with E-state index in [0.29, 0.717) is 5.92 Å². The Balaban J connectivity index is 1.78. The fourth-order valence-electron chi connectivity index (χ4n) is 4.66. The number of benzene rings is 3. The van der Waals surface area contributed by atoms with Crippen LogP contribution in [0.25, 0.3) is 27.5 Å². The van der Waals surface area contributed by atoms with E-state index in [9.17, 15) is 0 Å². The molecule has 1 heteroatoms. The van der Waals surface area contributed by atoms with Crippen molar-refractivity contribution in [3.63, 3.8) is 0 Å². The van der Waals surface area contributed by atoms with Crippen LogP contribution in [0.2, 0.25) is 0 Å². The van der Waals surface area contributed by atoms with E-state index in [1.807, 2.05) is 0 Å². The lowest BCUT2D eigenvalue weighted by Gasteiger charge is -2.14. The maximum atomic E-state index is 6.42. The maximum Gasteiger partial charge on any atom is 0.0990 e. The van der Waals surface area contributed by atoms with E-state index in [1.54, 1.807) is 10.8 Å². The summed E-state index contributed by atoms with van der Waals surface area (Å²) >= 11 is 0. The summed E-state index contributed by atoms with van der Waals surface area (Å²) in [5.74, 6) is 0.558. The van der Waals surface area contributed by atoms with Crippen LogP contribution in [0.4, 0.5) is 0 Å². The zero-order chi connectivity index (χ0) is 14.6. The third-order valence-corrected chi connectivity index (χ3v) is 7.19. The lowest BCUT2D eigenvalue weighted by molar-refractivity contribution is 1.33. The van der Waals surface area contributed by atoms with Crippen LogP contribution >= 0.6 is 0 Å². The van der Waals surface area contributed by atoms with Crippen molar-refractivity contribution in [1.82, 2.24) is 0 Å². The van der Waals surface area contributed by atoms with Crippen LogP contribution in [-0.4, -0.2) is 9.52 Å². The van der Waals surface area contributed by atoms with Crippen LogP contribution < -0.4 is 5.19 Å². The predicted molar refractivity (Wildman–Crippen MR) is 94.0 cm³/mol. The molecule has 101 valence electrons. The van der Waals surface area contributed by atoms with Gasteiger partial charge in [-0.05, 0) is 68.8 Å². The van der Waals surface area contributed by atoms with Crippen molar-refractivity contribution >= 4 is 31.1 Å². The molecule has 0 nitrogen and oxygen atoms in total. The number of allylic oxidation sites excluding steroid dienone is 2. The monoisotopic (exact) mass is 293 g/mol. The van der Waals surface area contributed by atoms with Gasteiger partial charge < -0.3 is 0 Å². The number of hydrogen-bond acceptors (Lipinski definition) is 0. The molecular weight excluding hydrogens is 280 g/mol. The first kappa shape index (κ1) is 11.4. The second-order valence-electron chi connectivity index (χ2n) is 6.61. The molecule has 7 rings (SSSR count). The quantitative estimate of drug-likeness (QED) is 0.598. The Morgan fingerprint density at radius 3 is 2.68 bits per heavy atom. The number of fused-ring (bicyclic) bond motifs is 1. The van der Waals surface area contributed by atoms with Gasteiger partial charge in [-0.1, -0.05) is 47.7 Å². The highest BCUT2D eigenvalue weighted by atomic mass is 28.2. The summed E-state index contributed by atoms with van der Waals surface area (Å²) in [4.78, 5) is 0. The summed E-state index contributed by atoms with van der Waals surface area (Å²) in [6, 6.07) is 15.4. The molecule has 4 aliphatic rings. The minimum absolute atomic E-state index is 0.237. The third kappa shape index (κ3) is 1.07. The van der Waals surface area contributed by atoms with Crippen molar-refractivity contribution in [3.8, 4) is 11.1 Å². The molecule has 0 saturated carbocycles. The van der Waals surface area contributed by atoms with Crippen molar-refractivity contribution in [3.05, 3.63) is 76.8 Å². The van der Waals surface area contributed by atoms with Gasteiger partial charge in [0.05, 0.1) is 9.52 Å². The Hall–Kier alpha value is -2.12. The van der Waals surface area contributed by atoms with E-state index in [4.69, 9.17) is 6.92 Å². The summed E-state index contributed by atoms with van der Waals surface area (Å²) in [5.41, 5.74) is 10.1. The largest absolute Gasteiger partial charge is 0.0990 e. The van der Waals surface area contributed by atoms with Gasteiger partial charge in [0.15, 0.2) is 0 Å². The molecule has 0 amide bonds. The van der Waals surface area contributed by atoms with Crippen LogP contribution in [-0.2, 0) is 0 Å². The van der Waals surface area contributed by atoms with Gasteiger partial charge in [-0.25, -0.2) is 0 Å². The molecule has 0 fully saturated rings. The van der Waals surface area contributed by atoms with Gasteiger partial charge in [0.2, 0.25) is 0 Å². The van der Waals surface area contributed by atoms with Crippen molar-refractivity contribution in [2.45, 2.75) is 12.8 Å². The standard InChI is InChI=1S/C21H13Si/c1-10-15-18-16-11(2)22-21(10)20(16)17(19(15)18)14-9-5-7-12-6-3-4-8-13(12)14/h1,3-9,18,22H,2H3. The Kier molecular flexibility index (Phi) is 1.79. The summed E-state index contributed by atoms with van der Waals surface area (Å²) in [6.07, 6.45) is 0. The van der Waals surface area contributed by atoms with Gasteiger partial charge in [0, 0.05) is 5.92 Å². The van der Waals surface area contributed by atoms with Crippen LogP contribution in [0.3, 0.4) is 0 Å². The van der Waals surface area contributed by atoms with E-state index in [1.165, 1.54) is 43.8 Å². The predicted octanol–water partition coefficient (Wildman–Crippen LogP) is 3.83. The van der Waals surface area contributed by atoms with E-state index in [0.717, 1.165) is 5.56 Å². The Morgan fingerprint density at radius 1 is 0.955 bits per heavy atom. The van der Waals surface area contributed by atoms with Gasteiger partial charge in [0.1, 0.15) is 0 Å². The normalized spacial score (nSPS) is 19.5. The molecule has 3 radical (unpaired) electrons. The molecule has 0 aromatic heterocycles. The highest BCUT2D eigenvalue weighted by Crippen LogP contribution is 2.67. The molecule has 1 atom stereocenters. The zero-order valence-electron chi connectivity index (χ0n) is 12.3. The Labute approximate surface area is 132 Å². The summed E-state index contributed by atoms with van der Waals surface area (Å²) in [7, 11) is 0.237. The van der Waals surface area contributed by atoms with E-state index in [2.05, 4.69) is 49.4 Å². The lowest BCUT2D eigenvalue weighted by Crippen LogP contribution is -2.18. The molecule has 3 aromatic carbocycles. The Morgan fingerprint density at radius 2 is 1.77 bits per heavy atom. The van der Waals surface area contributed by atoms with Crippen molar-refractivity contribution in [1.29, 1.82) is 0 Å². The molecule has 3 aliphatic carbocycles. The van der Waals surface area contributed by atoms with Crippen LogP contribution in [0.15, 0.2) is 47.7 Å².